The number of nitriles is 1. The Kier molecular flexibility index (Phi) is 3.43. The maximum absolute atomic E-state index is 13.1. The van der Waals surface area contributed by atoms with Crippen LogP contribution in [0.1, 0.15) is 11.5 Å². The molecule has 1 heterocycles. The van der Waals surface area contributed by atoms with Crippen LogP contribution < -0.4 is 5.32 Å². The van der Waals surface area contributed by atoms with E-state index < -0.39 is 16.4 Å². The number of rotatable bonds is 4. The number of nitro benzene ring substituents is 1. The first-order valence-corrected chi connectivity index (χ1v) is 5.27. The predicted molar refractivity (Wildman–Crippen MR) is 63.8 cm³/mol. The summed E-state index contributed by atoms with van der Waals surface area (Å²) in [6.45, 7) is 0.241. The highest BCUT2D eigenvalue weighted by Crippen LogP contribution is 2.22. The molecular weight excluding hydrogens is 253 g/mol. The molecular formula is C12H8FN3O3. The first-order chi connectivity index (χ1) is 9.10. The van der Waals surface area contributed by atoms with Gasteiger partial charge in [0.15, 0.2) is 0 Å². The zero-order valence-electron chi connectivity index (χ0n) is 9.59. The van der Waals surface area contributed by atoms with Crippen molar-refractivity contribution in [2.24, 2.45) is 0 Å². The number of furan rings is 1. The lowest BCUT2D eigenvalue weighted by Crippen LogP contribution is -2.00. The summed E-state index contributed by atoms with van der Waals surface area (Å²) in [7, 11) is 0. The average Bonchev–Trinajstić information content (AvgIpc) is 2.85. The normalized spacial score (nSPS) is 9.89. The van der Waals surface area contributed by atoms with E-state index in [-0.39, 0.29) is 12.3 Å². The number of nitrogens with zero attached hydrogens (tertiary/aromatic N) is 2. The van der Waals surface area contributed by atoms with Crippen LogP contribution in [-0.4, -0.2) is 4.92 Å². The van der Waals surface area contributed by atoms with Crippen LogP contribution in [0.4, 0.5) is 15.8 Å². The summed E-state index contributed by atoms with van der Waals surface area (Å²) in [5.74, 6) is -0.203. The maximum Gasteiger partial charge on any atom is 0.306 e. The van der Waals surface area contributed by atoms with Crippen molar-refractivity contribution in [1.82, 2.24) is 0 Å². The lowest BCUT2D eigenvalue weighted by atomic mass is 10.2. The van der Waals surface area contributed by atoms with E-state index in [0.29, 0.717) is 11.4 Å². The van der Waals surface area contributed by atoms with E-state index in [1.807, 2.05) is 6.07 Å². The third kappa shape index (κ3) is 2.87. The Morgan fingerprint density at radius 2 is 2.21 bits per heavy atom. The summed E-state index contributed by atoms with van der Waals surface area (Å²) < 4.78 is 18.2. The third-order valence-corrected chi connectivity index (χ3v) is 2.38. The van der Waals surface area contributed by atoms with Gasteiger partial charge in [-0.05, 0) is 24.3 Å². The van der Waals surface area contributed by atoms with E-state index in [9.17, 15) is 14.5 Å². The second-order valence-electron chi connectivity index (χ2n) is 3.65. The van der Waals surface area contributed by atoms with Crippen molar-refractivity contribution in [3.8, 4) is 6.07 Å². The molecule has 7 heteroatoms. The SMILES string of the molecule is N#Cc1ccc(CNc2ccc(F)c([N+](=O)[O-])c2)o1. The molecule has 2 rings (SSSR count). The average molecular weight is 261 g/mol. The molecule has 1 aromatic carbocycles. The fraction of sp³-hybridized carbons (Fsp3) is 0.0833. The second-order valence-corrected chi connectivity index (χ2v) is 3.65. The Morgan fingerprint density at radius 3 is 2.84 bits per heavy atom. The van der Waals surface area contributed by atoms with E-state index in [1.165, 1.54) is 12.1 Å². The highest BCUT2D eigenvalue weighted by Gasteiger charge is 2.14. The van der Waals surface area contributed by atoms with Gasteiger partial charge in [-0.1, -0.05) is 0 Å². The standard InChI is InChI=1S/C12H8FN3O3/c13-11-4-1-8(5-12(11)16(17)18)15-7-10-3-2-9(6-14)19-10/h1-5,15H,7H2. The quantitative estimate of drug-likeness (QED) is 0.674. The van der Waals surface area contributed by atoms with Gasteiger partial charge in [0.2, 0.25) is 11.6 Å². The summed E-state index contributed by atoms with van der Waals surface area (Å²) >= 11 is 0. The van der Waals surface area contributed by atoms with Gasteiger partial charge < -0.3 is 9.73 Å². The summed E-state index contributed by atoms with van der Waals surface area (Å²) in [5, 5.41) is 22.0. The Balaban J connectivity index is 2.09. The number of benzene rings is 1. The molecule has 6 nitrogen and oxygen atoms in total. The molecule has 0 fully saturated rings. The molecule has 0 saturated heterocycles. The fourth-order valence-corrected chi connectivity index (χ4v) is 1.48. The molecule has 0 amide bonds. The molecule has 0 saturated carbocycles. The van der Waals surface area contributed by atoms with Gasteiger partial charge in [0.1, 0.15) is 11.8 Å². The van der Waals surface area contributed by atoms with Crippen LogP contribution >= 0.6 is 0 Å². The van der Waals surface area contributed by atoms with Gasteiger partial charge in [0.25, 0.3) is 0 Å². The minimum absolute atomic E-state index is 0.182. The van der Waals surface area contributed by atoms with Crippen LogP contribution in [0.25, 0.3) is 0 Å². The van der Waals surface area contributed by atoms with E-state index >= 15 is 0 Å². The lowest BCUT2D eigenvalue weighted by Gasteiger charge is -2.04. The first kappa shape index (κ1) is 12.6. The van der Waals surface area contributed by atoms with Crippen molar-refractivity contribution >= 4 is 11.4 Å². The predicted octanol–water partition coefficient (Wildman–Crippen LogP) is 2.81. The van der Waals surface area contributed by atoms with E-state index in [0.717, 1.165) is 12.1 Å². The molecule has 0 aliphatic carbocycles. The monoisotopic (exact) mass is 261 g/mol. The van der Waals surface area contributed by atoms with Gasteiger partial charge in [0.05, 0.1) is 11.5 Å². The summed E-state index contributed by atoms with van der Waals surface area (Å²) in [6, 6.07) is 8.48. The molecule has 0 aliphatic heterocycles. The maximum atomic E-state index is 13.1. The molecule has 96 valence electrons. The molecule has 0 atom stereocenters. The largest absolute Gasteiger partial charge is 0.449 e. The molecule has 0 unspecified atom stereocenters. The number of halogens is 1. The number of nitro groups is 1. The van der Waals surface area contributed by atoms with Gasteiger partial charge >= 0.3 is 5.69 Å². The lowest BCUT2D eigenvalue weighted by molar-refractivity contribution is -0.387. The topological polar surface area (TPSA) is 92.1 Å². The first-order valence-electron chi connectivity index (χ1n) is 5.27. The molecule has 1 N–H and O–H groups in total. The Labute approximate surface area is 107 Å². The smallest absolute Gasteiger partial charge is 0.306 e. The molecule has 0 spiro atoms. The highest BCUT2D eigenvalue weighted by molar-refractivity contribution is 5.51. The van der Waals surface area contributed by atoms with Crippen LogP contribution in [0, 0.1) is 27.3 Å². The minimum Gasteiger partial charge on any atom is -0.449 e. The van der Waals surface area contributed by atoms with Crippen molar-refractivity contribution in [3.63, 3.8) is 0 Å². The van der Waals surface area contributed by atoms with Crippen LogP contribution in [0.15, 0.2) is 34.7 Å². The van der Waals surface area contributed by atoms with Crippen molar-refractivity contribution in [1.29, 1.82) is 5.26 Å². The molecule has 0 aliphatic rings. The van der Waals surface area contributed by atoms with Crippen molar-refractivity contribution in [2.45, 2.75) is 6.54 Å². The van der Waals surface area contributed by atoms with Gasteiger partial charge in [-0.2, -0.15) is 9.65 Å². The third-order valence-electron chi connectivity index (χ3n) is 2.38. The Hall–Kier alpha value is -2.88. The van der Waals surface area contributed by atoms with Crippen molar-refractivity contribution in [2.75, 3.05) is 5.32 Å². The molecule has 2 aromatic rings. The van der Waals surface area contributed by atoms with Crippen LogP contribution in [0.2, 0.25) is 0 Å². The van der Waals surface area contributed by atoms with Gasteiger partial charge in [-0.15, -0.1) is 0 Å². The molecule has 0 bridgehead atoms. The Bertz CT molecular complexity index is 660. The van der Waals surface area contributed by atoms with Gasteiger partial charge in [-0.3, -0.25) is 10.1 Å². The van der Waals surface area contributed by atoms with Crippen LogP contribution in [-0.2, 0) is 6.54 Å². The van der Waals surface area contributed by atoms with E-state index in [2.05, 4.69) is 5.32 Å². The number of anilines is 1. The summed E-state index contributed by atoms with van der Waals surface area (Å²) in [4.78, 5) is 9.78. The fourth-order valence-electron chi connectivity index (χ4n) is 1.48. The minimum atomic E-state index is -0.889. The van der Waals surface area contributed by atoms with Gasteiger partial charge in [0, 0.05) is 11.8 Å². The zero-order valence-corrected chi connectivity index (χ0v) is 9.59. The zero-order chi connectivity index (χ0) is 13.8. The summed E-state index contributed by atoms with van der Waals surface area (Å²) in [5.41, 5.74) is -0.204. The summed E-state index contributed by atoms with van der Waals surface area (Å²) in [6.07, 6.45) is 0. The highest BCUT2D eigenvalue weighted by atomic mass is 19.1. The Morgan fingerprint density at radius 1 is 1.42 bits per heavy atom. The molecule has 19 heavy (non-hydrogen) atoms. The van der Waals surface area contributed by atoms with Gasteiger partial charge in [-0.25, -0.2) is 0 Å². The number of nitrogens with one attached hydrogen (secondary N) is 1. The number of hydrogen-bond donors (Lipinski definition) is 1. The van der Waals surface area contributed by atoms with Crippen LogP contribution in [0.5, 0.6) is 0 Å². The number of hydrogen-bond acceptors (Lipinski definition) is 5. The molecule has 0 radical (unpaired) electrons. The van der Waals surface area contributed by atoms with Crippen LogP contribution in [0.3, 0.4) is 0 Å². The van der Waals surface area contributed by atoms with Crippen molar-refractivity contribution < 1.29 is 13.7 Å². The molecule has 1 aromatic heterocycles. The van der Waals surface area contributed by atoms with E-state index in [1.54, 1.807) is 6.07 Å². The van der Waals surface area contributed by atoms with E-state index in [4.69, 9.17) is 9.68 Å². The second kappa shape index (κ2) is 5.18. The van der Waals surface area contributed by atoms with Crippen molar-refractivity contribution in [3.05, 3.63) is 57.8 Å².